The van der Waals surface area contributed by atoms with E-state index in [1.54, 1.807) is 4.68 Å². The highest BCUT2D eigenvalue weighted by Gasteiger charge is 2.11. The van der Waals surface area contributed by atoms with Crippen molar-refractivity contribution < 1.29 is 9.90 Å². The summed E-state index contributed by atoms with van der Waals surface area (Å²) < 4.78 is 1.75. The van der Waals surface area contributed by atoms with E-state index < -0.39 is 5.97 Å². The maximum atomic E-state index is 11.0. The number of carboxylic acids is 1. The molecule has 19 heavy (non-hydrogen) atoms. The molecule has 0 bridgehead atoms. The van der Waals surface area contributed by atoms with Crippen LogP contribution in [0.2, 0.25) is 0 Å². The van der Waals surface area contributed by atoms with Crippen LogP contribution in [0, 0.1) is 6.92 Å². The molecule has 2 aromatic rings. The number of carboxylic acid groups (broad SMARTS) is 1. The molecule has 2 heterocycles. The number of carbonyl (C=O) groups is 1. The summed E-state index contributed by atoms with van der Waals surface area (Å²) in [5, 5.41) is 16.4. The van der Waals surface area contributed by atoms with E-state index in [4.69, 9.17) is 5.11 Å². The lowest BCUT2D eigenvalue weighted by atomic mass is 10.2. The summed E-state index contributed by atoms with van der Waals surface area (Å²) in [7, 11) is 1.86. The molecule has 0 aliphatic carbocycles. The molecular formula is C12H15N5O2. The molecule has 7 nitrogen and oxygen atoms in total. The van der Waals surface area contributed by atoms with Crippen molar-refractivity contribution in [3.63, 3.8) is 0 Å². The highest BCUT2D eigenvalue weighted by molar-refractivity contribution is 5.88. The molecule has 0 aromatic carbocycles. The van der Waals surface area contributed by atoms with Crippen molar-refractivity contribution in [2.24, 2.45) is 7.05 Å². The maximum absolute atomic E-state index is 11.0. The van der Waals surface area contributed by atoms with Gasteiger partial charge in [-0.2, -0.15) is 5.10 Å². The van der Waals surface area contributed by atoms with Crippen LogP contribution in [0.5, 0.6) is 0 Å². The molecular weight excluding hydrogens is 246 g/mol. The van der Waals surface area contributed by atoms with Crippen LogP contribution in [0.15, 0.2) is 18.7 Å². The van der Waals surface area contributed by atoms with E-state index in [2.05, 4.69) is 20.4 Å². The van der Waals surface area contributed by atoms with E-state index in [0.717, 1.165) is 11.3 Å². The minimum Gasteiger partial charge on any atom is -0.478 e. The second-order valence-electron chi connectivity index (χ2n) is 4.21. The summed E-state index contributed by atoms with van der Waals surface area (Å²) >= 11 is 0. The zero-order valence-electron chi connectivity index (χ0n) is 10.8. The fourth-order valence-electron chi connectivity index (χ4n) is 1.81. The Morgan fingerprint density at radius 2 is 2.26 bits per heavy atom. The Kier molecular flexibility index (Phi) is 3.86. The van der Waals surface area contributed by atoms with Gasteiger partial charge in [-0.15, -0.1) is 0 Å². The van der Waals surface area contributed by atoms with Crippen LogP contribution in [0.3, 0.4) is 0 Å². The number of nitrogens with zero attached hydrogens (tertiary/aromatic N) is 4. The Morgan fingerprint density at radius 3 is 2.89 bits per heavy atom. The molecule has 7 heteroatoms. The Balaban J connectivity index is 2.00. The first-order valence-corrected chi connectivity index (χ1v) is 5.80. The summed E-state index contributed by atoms with van der Waals surface area (Å²) in [6.07, 6.45) is 4.58. The lowest BCUT2D eigenvalue weighted by Gasteiger charge is -2.05. The second-order valence-corrected chi connectivity index (χ2v) is 4.21. The highest BCUT2D eigenvalue weighted by Crippen LogP contribution is 2.06. The van der Waals surface area contributed by atoms with Crippen molar-refractivity contribution in [2.45, 2.75) is 20.0 Å². The van der Waals surface area contributed by atoms with E-state index >= 15 is 0 Å². The minimum absolute atomic E-state index is 0.123. The SMILES string of the molecule is Cc1nn(C)cc1CNCc1ncncc1C(=O)O. The van der Waals surface area contributed by atoms with Crippen LogP contribution in [0.4, 0.5) is 0 Å². The standard InChI is InChI=1S/C12H15N5O2/c1-8-9(6-17(2)16-8)3-13-5-11-10(12(18)19)4-14-7-15-11/h4,6-7,13H,3,5H2,1-2H3,(H,18,19). The predicted molar refractivity (Wildman–Crippen MR) is 67.5 cm³/mol. The molecule has 0 spiro atoms. The van der Waals surface area contributed by atoms with Gasteiger partial charge in [-0.25, -0.2) is 14.8 Å². The molecule has 0 aliphatic heterocycles. The highest BCUT2D eigenvalue weighted by atomic mass is 16.4. The number of hydrogen-bond acceptors (Lipinski definition) is 5. The molecule has 0 atom stereocenters. The van der Waals surface area contributed by atoms with Gasteiger partial charge in [-0.3, -0.25) is 4.68 Å². The van der Waals surface area contributed by atoms with Gasteiger partial charge >= 0.3 is 5.97 Å². The Labute approximate surface area is 110 Å². The monoisotopic (exact) mass is 261 g/mol. The molecule has 2 aromatic heterocycles. The van der Waals surface area contributed by atoms with E-state index in [-0.39, 0.29) is 5.56 Å². The summed E-state index contributed by atoms with van der Waals surface area (Å²) in [6.45, 7) is 2.92. The fourth-order valence-corrected chi connectivity index (χ4v) is 1.81. The van der Waals surface area contributed by atoms with Crippen LogP contribution in [-0.2, 0) is 20.1 Å². The lowest BCUT2D eigenvalue weighted by molar-refractivity contribution is 0.0694. The summed E-state index contributed by atoms with van der Waals surface area (Å²) in [6, 6.07) is 0. The van der Waals surface area contributed by atoms with Crippen molar-refractivity contribution in [1.82, 2.24) is 25.1 Å². The van der Waals surface area contributed by atoms with Gasteiger partial charge in [-0.1, -0.05) is 0 Å². The summed E-state index contributed by atoms with van der Waals surface area (Å²) in [4.78, 5) is 18.7. The number of hydrogen-bond donors (Lipinski definition) is 2. The second kappa shape index (κ2) is 5.57. The third-order valence-corrected chi connectivity index (χ3v) is 2.75. The first-order chi connectivity index (χ1) is 9.08. The number of nitrogens with one attached hydrogen (secondary N) is 1. The van der Waals surface area contributed by atoms with Gasteiger partial charge in [0.05, 0.1) is 11.4 Å². The Morgan fingerprint density at radius 1 is 1.47 bits per heavy atom. The van der Waals surface area contributed by atoms with Gasteiger partial charge in [-0.05, 0) is 6.92 Å². The first-order valence-electron chi connectivity index (χ1n) is 5.80. The summed E-state index contributed by atoms with van der Waals surface area (Å²) in [5.41, 5.74) is 2.63. The van der Waals surface area contributed by atoms with E-state index in [0.29, 0.717) is 18.8 Å². The van der Waals surface area contributed by atoms with Gasteiger partial charge in [0.25, 0.3) is 0 Å². The zero-order valence-corrected chi connectivity index (χ0v) is 10.8. The average Bonchev–Trinajstić information content (AvgIpc) is 2.68. The number of aromatic nitrogens is 4. The van der Waals surface area contributed by atoms with Gasteiger partial charge in [0, 0.05) is 38.1 Å². The number of aryl methyl sites for hydroxylation is 2. The van der Waals surface area contributed by atoms with E-state index in [1.165, 1.54) is 12.5 Å². The molecule has 0 amide bonds. The molecule has 0 fully saturated rings. The van der Waals surface area contributed by atoms with E-state index in [1.807, 2.05) is 20.2 Å². The molecule has 100 valence electrons. The molecule has 2 rings (SSSR count). The fraction of sp³-hybridized carbons (Fsp3) is 0.333. The zero-order chi connectivity index (χ0) is 13.8. The third-order valence-electron chi connectivity index (χ3n) is 2.75. The lowest BCUT2D eigenvalue weighted by Crippen LogP contribution is -2.17. The molecule has 2 N–H and O–H groups in total. The van der Waals surface area contributed by atoms with E-state index in [9.17, 15) is 4.79 Å². The van der Waals surface area contributed by atoms with Crippen molar-refractivity contribution in [2.75, 3.05) is 0 Å². The smallest absolute Gasteiger partial charge is 0.339 e. The van der Waals surface area contributed by atoms with Gasteiger partial charge in [0.1, 0.15) is 11.9 Å². The van der Waals surface area contributed by atoms with Gasteiger partial charge in [0.2, 0.25) is 0 Å². The Hall–Kier alpha value is -2.28. The van der Waals surface area contributed by atoms with Crippen molar-refractivity contribution in [1.29, 1.82) is 0 Å². The van der Waals surface area contributed by atoms with Crippen LogP contribution in [-0.4, -0.2) is 30.8 Å². The largest absolute Gasteiger partial charge is 0.478 e. The Bertz CT molecular complexity index is 594. The molecule has 0 aliphatic rings. The maximum Gasteiger partial charge on any atom is 0.339 e. The van der Waals surface area contributed by atoms with Gasteiger partial charge < -0.3 is 10.4 Å². The van der Waals surface area contributed by atoms with Crippen LogP contribution < -0.4 is 5.32 Å². The van der Waals surface area contributed by atoms with Crippen LogP contribution >= 0.6 is 0 Å². The number of aromatic carboxylic acids is 1. The van der Waals surface area contributed by atoms with Crippen LogP contribution in [0.1, 0.15) is 27.3 Å². The molecule has 0 saturated heterocycles. The first kappa shape index (κ1) is 13.2. The normalized spacial score (nSPS) is 10.6. The van der Waals surface area contributed by atoms with Crippen LogP contribution in [0.25, 0.3) is 0 Å². The van der Waals surface area contributed by atoms with Gasteiger partial charge in [0.15, 0.2) is 0 Å². The average molecular weight is 261 g/mol. The molecule has 0 saturated carbocycles. The van der Waals surface area contributed by atoms with Crippen molar-refractivity contribution in [3.05, 3.63) is 41.2 Å². The molecule has 0 unspecified atom stereocenters. The summed E-state index contributed by atoms with van der Waals surface area (Å²) in [5.74, 6) is -1.02. The number of rotatable bonds is 5. The minimum atomic E-state index is -1.02. The topological polar surface area (TPSA) is 92.9 Å². The molecule has 0 radical (unpaired) electrons. The predicted octanol–water partition coefficient (Wildman–Crippen LogP) is 0.507. The quantitative estimate of drug-likeness (QED) is 0.814. The van der Waals surface area contributed by atoms with Crippen molar-refractivity contribution in [3.8, 4) is 0 Å². The van der Waals surface area contributed by atoms with Crippen molar-refractivity contribution >= 4 is 5.97 Å². The third kappa shape index (κ3) is 3.14.